The molecule has 2 aromatic rings. The van der Waals surface area contributed by atoms with Gasteiger partial charge in [-0.1, -0.05) is 30.4 Å². The van der Waals surface area contributed by atoms with Crippen LogP contribution in [-0.4, -0.2) is 36.7 Å². The van der Waals surface area contributed by atoms with Gasteiger partial charge in [-0.3, -0.25) is 4.79 Å². The monoisotopic (exact) mass is 453 g/mol. The van der Waals surface area contributed by atoms with E-state index in [1.165, 1.54) is 51.3 Å². The summed E-state index contributed by atoms with van der Waals surface area (Å²) in [6.45, 7) is 2.89. The quantitative estimate of drug-likeness (QED) is 0.574. The molecule has 31 heavy (non-hydrogen) atoms. The average Bonchev–Trinajstić information content (AvgIpc) is 2.67. The molecule has 0 saturated carbocycles. The first kappa shape index (κ1) is 23.2. The number of carbonyl (C=O) groups excluding carboxylic acids is 1. The molecule has 1 fully saturated rings. The van der Waals surface area contributed by atoms with E-state index in [4.69, 9.17) is 4.74 Å². The number of aryl methyl sites for hydroxylation is 2. The average molecular weight is 454 g/mol. The highest BCUT2D eigenvalue weighted by molar-refractivity contribution is 8.00. The number of carbonyl (C=O) groups is 1. The van der Waals surface area contributed by atoms with Gasteiger partial charge in [0.05, 0.1) is 18.6 Å². The van der Waals surface area contributed by atoms with Gasteiger partial charge in [0.1, 0.15) is 11.6 Å². The van der Waals surface area contributed by atoms with Crippen LogP contribution in [0.2, 0.25) is 0 Å². The minimum absolute atomic E-state index is 0.0264. The van der Waals surface area contributed by atoms with E-state index in [2.05, 4.69) is 5.32 Å². The lowest BCUT2D eigenvalue weighted by Crippen LogP contribution is -2.43. The topological polar surface area (TPSA) is 38.3 Å². The number of allylic oxidation sites excluding steroid dienone is 1. The standard InChI is InChI=1S/C23H23F4NO2S/c1-13-8-16(9-14(2)21(13)24)19(23(25,26)27)7-5-15-4-6-18(20(10-15)30-3)22(29)28-17-11-31-12-17/h4-10,17,19H,11-12H2,1-3H3,(H,28,29)/b7-5+. The first-order valence-corrected chi connectivity index (χ1v) is 10.8. The molecule has 1 N–H and O–H groups in total. The molecule has 0 radical (unpaired) electrons. The summed E-state index contributed by atoms with van der Waals surface area (Å²) in [5.74, 6) is -0.679. The second kappa shape index (κ2) is 9.34. The molecule has 2 aromatic carbocycles. The molecule has 0 aliphatic carbocycles. The van der Waals surface area contributed by atoms with Crippen LogP contribution in [0, 0.1) is 19.7 Å². The molecule has 0 bridgehead atoms. The fourth-order valence-electron chi connectivity index (χ4n) is 3.36. The summed E-state index contributed by atoms with van der Waals surface area (Å²) in [5, 5.41) is 2.90. The molecule has 3 rings (SSSR count). The highest BCUT2D eigenvalue weighted by Crippen LogP contribution is 2.38. The molecule has 1 aliphatic rings. The van der Waals surface area contributed by atoms with Crippen molar-refractivity contribution in [3.63, 3.8) is 0 Å². The second-order valence-corrected chi connectivity index (χ2v) is 8.59. The van der Waals surface area contributed by atoms with Crippen LogP contribution in [0.1, 0.15) is 38.5 Å². The predicted molar refractivity (Wildman–Crippen MR) is 115 cm³/mol. The SMILES string of the molecule is COc1cc(/C=C/C(c2cc(C)c(F)c(C)c2)C(F)(F)F)ccc1C(=O)NC1CSC1. The van der Waals surface area contributed by atoms with Gasteiger partial charge in [-0.25, -0.2) is 4.39 Å². The number of nitrogens with one attached hydrogen (secondary N) is 1. The van der Waals surface area contributed by atoms with Gasteiger partial charge >= 0.3 is 6.18 Å². The van der Waals surface area contributed by atoms with Crippen molar-refractivity contribution in [2.24, 2.45) is 0 Å². The first-order chi connectivity index (χ1) is 14.6. The van der Waals surface area contributed by atoms with Crippen molar-refractivity contribution in [3.05, 3.63) is 70.0 Å². The zero-order valence-corrected chi connectivity index (χ0v) is 18.2. The van der Waals surface area contributed by atoms with E-state index in [9.17, 15) is 22.4 Å². The van der Waals surface area contributed by atoms with Gasteiger partial charge in [0.25, 0.3) is 5.91 Å². The Morgan fingerprint density at radius 1 is 1.19 bits per heavy atom. The number of hydrogen-bond acceptors (Lipinski definition) is 3. The van der Waals surface area contributed by atoms with Crippen LogP contribution in [0.3, 0.4) is 0 Å². The number of benzene rings is 2. The smallest absolute Gasteiger partial charge is 0.399 e. The molecule has 166 valence electrons. The summed E-state index contributed by atoms with van der Waals surface area (Å²) in [6, 6.07) is 7.19. The van der Waals surface area contributed by atoms with Crippen molar-refractivity contribution in [1.29, 1.82) is 0 Å². The van der Waals surface area contributed by atoms with E-state index in [0.717, 1.165) is 17.6 Å². The third kappa shape index (κ3) is 5.42. The number of methoxy groups -OCH3 is 1. The first-order valence-electron chi connectivity index (χ1n) is 9.68. The van der Waals surface area contributed by atoms with Crippen LogP contribution >= 0.6 is 11.8 Å². The van der Waals surface area contributed by atoms with E-state index in [-0.39, 0.29) is 34.4 Å². The van der Waals surface area contributed by atoms with Crippen LogP contribution in [0.5, 0.6) is 5.75 Å². The Bertz CT molecular complexity index is 977. The van der Waals surface area contributed by atoms with Crippen molar-refractivity contribution in [2.45, 2.75) is 32.0 Å². The van der Waals surface area contributed by atoms with Crippen LogP contribution in [0.15, 0.2) is 36.4 Å². The number of hydrogen-bond donors (Lipinski definition) is 1. The van der Waals surface area contributed by atoms with Crippen molar-refractivity contribution < 1.29 is 27.1 Å². The Balaban J connectivity index is 1.87. The lowest BCUT2D eigenvalue weighted by Gasteiger charge is -2.26. The summed E-state index contributed by atoms with van der Waals surface area (Å²) in [7, 11) is 1.40. The van der Waals surface area contributed by atoms with Gasteiger partial charge in [0.2, 0.25) is 0 Å². The number of halogens is 4. The molecule has 1 saturated heterocycles. The van der Waals surface area contributed by atoms with Crippen LogP contribution in [0.25, 0.3) is 6.08 Å². The molecule has 8 heteroatoms. The van der Waals surface area contributed by atoms with E-state index in [1.54, 1.807) is 17.8 Å². The summed E-state index contributed by atoms with van der Waals surface area (Å²) in [5.41, 5.74) is 1.09. The molecular weight excluding hydrogens is 430 g/mol. The number of alkyl halides is 3. The number of ether oxygens (including phenoxy) is 1. The Morgan fingerprint density at radius 2 is 1.84 bits per heavy atom. The predicted octanol–water partition coefficient (Wildman–Crippen LogP) is 5.66. The Labute approximate surface area is 182 Å². The maximum Gasteiger partial charge on any atom is 0.399 e. The molecular formula is C23H23F4NO2S. The summed E-state index contributed by atoms with van der Waals surface area (Å²) >= 11 is 1.74. The van der Waals surface area contributed by atoms with E-state index >= 15 is 0 Å². The van der Waals surface area contributed by atoms with E-state index in [0.29, 0.717) is 11.1 Å². The summed E-state index contributed by atoms with van der Waals surface area (Å²) in [4.78, 5) is 12.4. The zero-order chi connectivity index (χ0) is 22.8. The Hall–Kier alpha value is -2.48. The minimum Gasteiger partial charge on any atom is -0.496 e. The van der Waals surface area contributed by atoms with E-state index in [1.807, 2.05) is 0 Å². The van der Waals surface area contributed by atoms with Gasteiger partial charge in [0, 0.05) is 17.5 Å². The minimum atomic E-state index is -4.54. The Kier molecular flexibility index (Phi) is 6.99. The highest BCUT2D eigenvalue weighted by Gasteiger charge is 2.39. The van der Waals surface area contributed by atoms with Gasteiger partial charge in [0.15, 0.2) is 0 Å². The third-order valence-corrected chi connectivity index (χ3v) is 6.37. The van der Waals surface area contributed by atoms with Crippen molar-refractivity contribution in [3.8, 4) is 5.75 Å². The fraction of sp³-hybridized carbons (Fsp3) is 0.348. The summed E-state index contributed by atoms with van der Waals surface area (Å²) < 4.78 is 60.3. The maximum atomic E-state index is 13.9. The number of amides is 1. The van der Waals surface area contributed by atoms with Gasteiger partial charge in [-0.2, -0.15) is 24.9 Å². The molecule has 1 atom stereocenters. The normalized spacial score (nSPS) is 15.6. The van der Waals surface area contributed by atoms with Crippen molar-refractivity contribution >= 4 is 23.7 Å². The summed E-state index contributed by atoms with van der Waals surface area (Å²) in [6.07, 6.45) is -2.18. The molecule has 1 aliphatic heterocycles. The van der Waals surface area contributed by atoms with Crippen LogP contribution in [0.4, 0.5) is 17.6 Å². The lowest BCUT2D eigenvalue weighted by atomic mass is 9.93. The number of thioether (sulfide) groups is 1. The second-order valence-electron chi connectivity index (χ2n) is 7.51. The van der Waals surface area contributed by atoms with E-state index < -0.39 is 17.9 Å². The van der Waals surface area contributed by atoms with Gasteiger partial charge in [-0.15, -0.1) is 0 Å². The number of rotatable bonds is 6. The Morgan fingerprint density at radius 3 is 2.35 bits per heavy atom. The van der Waals surface area contributed by atoms with Crippen molar-refractivity contribution in [2.75, 3.05) is 18.6 Å². The molecule has 1 amide bonds. The van der Waals surface area contributed by atoms with Gasteiger partial charge in [-0.05, 0) is 48.2 Å². The molecule has 1 heterocycles. The largest absolute Gasteiger partial charge is 0.496 e. The zero-order valence-electron chi connectivity index (χ0n) is 17.3. The molecule has 0 spiro atoms. The fourth-order valence-corrected chi connectivity index (χ4v) is 3.99. The molecule has 0 aromatic heterocycles. The van der Waals surface area contributed by atoms with Gasteiger partial charge < -0.3 is 10.1 Å². The third-order valence-electron chi connectivity index (χ3n) is 5.10. The molecule has 3 nitrogen and oxygen atoms in total. The van der Waals surface area contributed by atoms with Crippen molar-refractivity contribution in [1.82, 2.24) is 5.32 Å². The van der Waals surface area contributed by atoms with Crippen LogP contribution < -0.4 is 10.1 Å². The maximum absolute atomic E-state index is 13.9. The lowest BCUT2D eigenvalue weighted by molar-refractivity contribution is -0.139. The molecule has 1 unspecified atom stereocenters. The highest BCUT2D eigenvalue weighted by atomic mass is 32.2. The van der Waals surface area contributed by atoms with Crippen LogP contribution in [-0.2, 0) is 0 Å².